The molecule has 29 heavy (non-hydrogen) atoms. The number of nitrogens with one attached hydrogen (secondary N) is 1. The van der Waals surface area contributed by atoms with E-state index in [1.165, 1.54) is 4.90 Å². The summed E-state index contributed by atoms with van der Waals surface area (Å²) in [5.41, 5.74) is 1.38. The minimum atomic E-state index is -0.875. The summed E-state index contributed by atoms with van der Waals surface area (Å²) in [5.74, 6) is -0.0838. The molecule has 3 atom stereocenters. The molecule has 0 saturated carbocycles. The van der Waals surface area contributed by atoms with Gasteiger partial charge in [0.05, 0.1) is 17.1 Å². The second-order valence-corrected chi connectivity index (χ2v) is 8.54. The van der Waals surface area contributed by atoms with E-state index in [-0.39, 0.29) is 29.8 Å². The van der Waals surface area contributed by atoms with Crippen LogP contribution in [-0.2, 0) is 15.0 Å². The fraction of sp³-hybridized carbons (Fsp3) is 0.348. The van der Waals surface area contributed by atoms with Gasteiger partial charge < -0.3 is 10.2 Å². The van der Waals surface area contributed by atoms with Crippen LogP contribution in [0.15, 0.2) is 54.6 Å². The lowest BCUT2D eigenvalue weighted by molar-refractivity contribution is -0.121. The molecule has 148 valence electrons. The Balaban J connectivity index is 1.62. The van der Waals surface area contributed by atoms with Crippen molar-refractivity contribution in [1.29, 1.82) is 0 Å². The molecule has 3 heterocycles. The van der Waals surface area contributed by atoms with E-state index in [9.17, 15) is 14.4 Å². The molecule has 0 aromatic heterocycles. The number of anilines is 2. The van der Waals surface area contributed by atoms with Crippen LogP contribution >= 0.6 is 0 Å². The van der Waals surface area contributed by atoms with Gasteiger partial charge >= 0.3 is 6.03 Å². The number of urea groups is 1. The molecule has 3 aliphatic rings. The molecule has 0 bridgehead atoms. The average molecular weight is 389 g/mol. The quantitative estimate of drug-likeness (QED) is 0.817. The van der Waals surface area contributed by atoms with Crippen molar-refractivity contribution in [2.45, 2.75) is 44.2 Å². The monoisotopic (exact) mass is 389 g/mol. The van der Waals surface area contributed by atoms with Crippen LogP contribution in [0.25, 0.3) is 0 Å². The van der Waals surface area contributed by atoms with E-state index in [2.05, 4.69) is 19.2 Å². The molecule has 6 nitrogen and oxygen atoms in total. The maximum Gasteiger partial charge on any atom is 0.332 e. The van der Waals surface area contributed by atoms with Gasteiger partial charge in [-0.2, -0.15) is 0 Å². The van der Waals surface area contributed by atoms with Crippen molar-refractivity contribution in [2.24, 2.45) is 5.92 Å². The summed E-state index contributed by atoms with van der Waals surface area (Å²) >= 11 is 0. The Labute approximate surface area is 169 Å². The van der Waals surface area contributed by atoms with E-state index in [1.807, 2.05) is 42.5 Å². The number of amides is 4. The molecule has 2 saturated heterocycles. The number of carbonyl (C=O) groups excluding carboxylic acids is 3. The number of para-hydroxylation sites is 2. The van der Waals surface area contributed by atoms with Gasteiger partial charge in [0.1, 0.15) is 6.04 Å². The number of carbonyl (C=O) groups is 3. The maximum absolute atomic E-state index is 13.4. The Bertz CT molecular complexity index is 1020. The topological polar surface area (TPSA) is 69.7 Å². The molecule has 0 aliphatic carbocycles. The molecular weight excluding hydrogens is 366 g/mol. The van der Waals surface area contributed by atoms with Crippen LogP contribution in [0.1, 0.15) is 32.3 Å². The average Bonchev–Trinajstić information content (AvgIpc) is 3.27. The zero-order valence-corrected chi connectivity index (χ0v) is 16.5. The molecule has 2 fully saturated rings. The van der Waals surface area contributed by atoms with E-state index >= 15 is 0 Å². The highest BCUT2D eigenvalue weighted by Crippen LogP contribution is 2.54. The molecule has 0 radical (unpaired) electrons. The Morgan fingerprint density at radius 2 is 1.72 bits per heavy atom. The van der Waals surface area contributed by atoms with Crippen LogP contribution in [0.3, 0.4) is 0 Å². The Morgan fingerprint density at radius 1 is 1.03 bits per heavy atom. The summed E-state index contributed by atoms with van der Waals surface area (Å²) in [5, 5.41) is 2.99. The zero-order chi connectivity index (χ0) is 20.3. The molecule has 1 spiro atoms. The number of rotatable bonds is 3. The summed E-state index contributed by atoms with van der Waals surface area (Å²) < 4.78 is 0. The Kier molecular flexibility index (Phi) is 3.81. The lowest BCUT2D eigenvalue weighted by Crippen LogP contribution is -2.50. The van der Waals surface area contributed by atoms with Crippen molar-refractivity contribution in [3.05, 3.63) is 60.2 Å². The first kappa shape index (κ1) is 17.9. The standard InChI is InChI=1S/C23H23N3O3/c1-14(2)12-19-23(16-10-6-7-11-17(16)24-21(23)28)13-18-20(27)25(22(29)26(18)19)15-8-4-3-5-9-15/h3-11,14,18-19H,12-13H2,1-2H3,(H,24,28)/t18-,19-,23-/m0/s1. The largest absolute Gasteiger partial charge is 0.332 e. The van der Waals surface area contributed by atoms with Crippen molar-refractivity contribution in [3.63, 3.8) is 0 Å². The third kappa shape index (κ3) is 2.32. The van der Waals surface area contributed by atoms with Gasteiger partial charge in [-0.25, -0.2) is 9.69 Å². The van der Waals surface area contributed by atoms with Crippen molar-refractivity contribution >= 4 is 29.2 Å². The number of imide groups is 1. The maximum atomic E-state index is 13.4. The molecule has 2 aromatic rings. The Morgan fingerprint density at radius 3 is 2.45 bits per heavy atom. The van der Waals surface area contributed by atoms with Gasteiger partial charge in [0.15, 0.2) is 0 Å². The molecule has 2 aromatic carbocycles. The van der Waals surface area contributed by atoms with Gasteiger partial charge in [0, 0.05) is 5.69 Å². The molecule has 4 amide bonds. The second kappa shape index (κ2) is 6.17. The van der Waals surface area contributed by atoms with Gasteiger partial charge in [-0.3, -0.25) is 9.59 Å². The highest BCUT2D eigenvalue weighted by atomic mass is 16.2. The van der Waals surface area contributed by atoms with Crippen LogP contribution in [0.2, 0.25) is 0 Å². The first-order valence-corrected chi connectivity index (χ1v) is 10.1. The van der Waals surface area contributed by atoms with Crippen LogP contribution < -0.4 is 10.2 Å². The summed E-state index contributed by atoms with van der Waals surface area (Å²) in [7, 11) is 0. The van der Waals surface area contributed by atoms with Gasteiger partial charge in [-0.1, -0.05) is 50.2 Å². The number of nitrogens with zero attached hydrogens (tertiary/aromatic N) is 2. The predicted octanol–water partition coefficient (Wildman–Crippen LogP) is 3.53. The van der Waals surface area contributed by atoms with Gasteiger partial charge in [0.2, 0.25) is 5.91 Å². The summed E-state index contributed by atoms with van der Waals surface area (Å²) in [6, 6.07) is 15.3. The Hall–Kier alpha value is -3.15. The minimum Gasteiger partial charge on any atom is -0.325 e. The number of benzene rings is 2. The highest BCUT2D eigenvalue weighted by molar-refractivity contribution is 6.23. The fourth-order valence-electron chi connectivity index (χ4n) is 5.27. The van der Waals surface area contributed by atoms with Crippen molar-refractivity contribution in [3.8, 4) is 0 Å². The fourth-order valence-corrected chi connectivity index (χ4v) is 5.27. The van der Waals surface area contributed by atoms with Crippen LogP contribution in [-0.4, -0.2) is 34.8 Å². The summed E-state index contributed by atoms with van der Waals surface area (Å²) in [4.78, 5) is 43.0. The normalized spacial score (nSPS) is 27.8. The minimum absolute atomic E-state index is 0.106. The molecule has 1 N–H and O–H groups in total. The first-order chi connectivity index (χ1) is 13.9. The molecule has 0 unspecified atom stereocenters. The third-order valence-corrected chi connectivity index (χ3v) is 6.44. The SMILES string of the molecule is CC(C)C[C@@H]1N2C(=O)N(c3ccccc3)C(=O)[C@@H]2C[C@@]12C(=O)Nc1ccccc12. The predicted molar refractivity (Wildman–Crippen MR) is 110 cm³/mol. The van der Waals surface area contributed by atoms with E-state index in [1.54, 1.807) is 17.0 Å². The summed E-state index contributed by atoms with van der Waals surface area (Å²) in [6.45, 7) is 4.16. The number of hydrogen-bond acceptors (Lipinski definition) is 3. The zero-order valence-electron chi connectivity index (χ0n) is 16.5. The molecule has 5 rings (SSSR count). The van der Waals surface area contributed by atoms with Crippen LogP contribution in [0.4, 0.5) is 16.2 Å². The highest BCUT2D eigenvalue weighted by Gasteiger charge is 2.67. The molecule has 6 heteroatoms. The summed E-state index contributed by atoms with van der Waals surface area (Å²) in [6.07, 6.45) is 0.973. The van der Waals surface area contributed by atoms with Crippen molar-refractivity contribution in [1.82, 2.24) is 4.90 Å². The van der Waals surface area contributed by atoms with Crippen molar-refractivity contribution < 1.29 is 14.4 Å². The lowest BCUT2D eigenvalue weighted by atomic mass is 9.72. The van der Waals surface area contributed by atoms with Gasteiger partial charge in [-0.15, -0.1) is 0 Å². The van der Waals surface area contributed by atoms with E-state index < -0.39 is 11.5 Å². The van der Waals surface area contributed by atoms with E-state index in [4.69, 9.17) is 0 Å². The van der Waals surface area contributed by atoms with Crippen molar-refractivity contribution in [2.75, 3.05) is 10.2 Å². The second-order valence-electron chi connectivity index (χ2n) is 8.54. The molecular formula is C23H23N3O3. The number of hydrogen-bond donors (Lipinski definition) is 1. The third-order valence-electron chi connectivity index (χ3n) is 6.44. The van der Waals surface area contributed by atoms with Crippen LogP contribution in [0.5, 0.6) is 0 Å². The van der Waals surface area contributed by atoms with Crippen LogP contribution in [0, 0.1) is 5.92 Å². The van der Waals surface area contributed by atoms with E-state index in [0.717, 1.165) is 11.3 Å². The van der Waals surface area contributed by atoms with Gasteiger partial charge in [0.25, 0.3) is 5.91 Å². The van der Waals surface area contributed by atoms with Gasteiger partial charge in [-0.05, 0) is 42.5 Å². The number of fused-ring (bicyclic) bond motifs is 3. The van der Waals surface area contributed by atoms with E-state index in [0.29, 0.717) is 18.5 Å². The lowest BCUT2D eigenvalue weighted by Gasteiger charge is -2.34. The first-order valence-electron chi connectivity index (χ1n) is 10.1. The molecule has 3 aliphatic heterocycles. The smallest absolute Gasteiger partial charge is 0.325 e.